The average molecular weight is 226 g/mol. The first kappa shape index (κ1) is 9.84. The number of H-pyrrole nitrogens is 1. The molecule has 3 rings (SSSR count). The molecule has 0 aliphatic heterocycles. The van der Waals surface area contributed by atoms with E-state index in [1.54, 1.807) is 12.3 Å². The molecule has 1 aromatic carbocycles. The number of hydrogen-bond donors (Lipinski definition) is 1. The van der Waals surface area contributed by atoms with Crippen molar-refractivity contribution < 1.29 is 9.53 Å². The summed E-state index contributed by atoms with van der Waals surface area (Å²) < 4.78 is 4.75. The topological polar surface area (TPSA) is 55.0 Å². The van der Waals surface area contributed by atoms with Gasteiger partial charge in [-0.3, -0.25) is 4.98 Å². The Bertz CT molecular complexity index is 716. The van der Waals surface area contributed by atoms with Gasteiger partial charge in [0.2, 0.25) is 0 Å². The fourth-order valence-corrected chi connectivity index (χ4v) is 2.01. The summed E-state index contributed by atoms with van der Waals surface area (Å²) in [7, 11) is 1.37. The standard InChI is InChI=1S/C13H10N2O2/c1-17-13(16)9-6-7-14-11-8-4-2-3-5-10(8)15-12(9)11/h2-7,15H,1H3. The van der Waals surface area contributed by atoms with E-state index in [-0.39, 0.29) is 5.97 Å². The van der Waals surface area contributed by atoms with Gasteiger partial charge in [-0.1, -0.05) is 18.2 Å². The van der Waals surface area contributed by atoms with Crippen LogP contribution in [0.3, 0.4) is 0 Å². The number of hydrogen-bond acceptors (Lipinski definition) is 3. The number of carbonyl (C=O) groups is 1. The molecule has 4 nitrogen and oxygen atoms in total. The zero-order chi connectivity index (χ0) is 11.8. The second-order valence-electron chi connectivity index (χ2n) is 3.74. The van der Waals surface area contributed by atoms with E-state index < -0.39 is 0 Å². The molecule has 0 amide bonds. The van der Waals surface area contributed by atoms with Gasteiger partial charge in [0.1, 0.15) is 0 Å². The molecular weight excluding hydrogens is 216 g/mol. The molecular formula is C13H10N2O2. The molecule has 84 valence electrons. The van der Waals surface area contributed by atoms with Crippen LogP contribution in [0.2, 0.25) is 0 Å². The van der Waals surface area contributed by atoms with Crippen molar-refractivity contribution in [3.8, 4) is 0 Å². The molecule has 0 fully saturated rings. The molecule has 0 aliphatic carbocycles. The number of aromatic nitrogens is 2. The summed E-state index contributed by atoms with van der Waals surface area (Å²) in [5.41, 5.74) is 2.99. The lowest BCUT2D eigenvalue weighted by atomic mass is 10.2. The minimum absolute atomic E-state index is 0.357. The van der Waals surface area contributed by atoms with E-state index in [2.05, 4.69) is 9.97 Å². The summed E-state index contributed by atoms with van der Waals surface area (Å²) in [5.74, 6) is -0.357. The van der Waals surface area contributed by atoms with Crippen molar-refractivity contribution >= 4 is 27.9 Å². The minimum atomic E-state index is -0.357. The lowest BCUT2D eigenvalue weighted by Crippen LogP contribution is -2.02. The van der Waals surface area contributed by atoms with Gasteiger partial charge in [-0.2, -0.15) is 0 Å². The Morgan fingerprint density at radius 3 is 2.94 bits per heavy atom. The maximum atomic E-state index is 11.6. The number of rotatable bonds is 1. The smallest absolute Gasteiger partial charge is 0.340 e. The number of ether oxygens (including phenoxy) is 1. The van der Waals surface area contributed by atoms with Gasteiger partial charge in [0, 0.05) is 17.1 Å². The predicted octanol–water partition coefficient (Wildman–Crippen LogP) is 2.50. The highest BCUT2D eigenvalue weighted by atomic mass is 16.5. The van der Waals surface area contributed by atoms with Crippen LogP contribution in [0.5, 0.6) is 0 Å². The lowest BCUT2D eigenvalue weighted by Gasteiger charge is -1.99. The van der Waals surface area contributed by atoms with Crippen LogP contribution in [0.1, 0.15) is 10.4 Å². The van der Waals surface area contributed by atoms with Crippen LogP contribution >= 0.6 is 0 Å². The molecule has 0 saturated heterocycles. The van der Waals surface area contributed by atoms with Crippen LogP contribution in [0.15, 0.2) is 36.5 Å². The Morgan fingerprint density at radius 1 is 1.29 bits per heavy atom. The van der Waals surface area contributed by atoms with Crippen LogP contribution in [0.4, 0.5) is 0 Å². The fraction of sp³-hybridized carbons (Fsp3) is 0.0769. The normalized spacial score (nSPS) is 10.9. The van der Waals surface area contributed by atoms with E-state index in [0.717, 1.165) is 21.9 Å². The number of pyridine rings is 1. The summed E-state index contributed by atoms with van der Waals surface area (Å²) in [4.78, 5) is 19.1. The van der Waals surface area contributed by atoms with Crippen molar-refractivity contribution in [3.05, 3.63) is 42.1 Å². The highest BCUT2D eigenvalue weighted by molar-refractivity contribution is 6.11. The summed E-state index contributed by atoms with van der Waals surface area (Å²) in [6.07, 6.45) is 1.62. The highest BCUT2D eigenvalue weighted by Crippen LogP contribution is 2.25. The van der Waals surface area contributed by atoms with Gasteiger partial charge in [0.25, 0.3) is 0 Å². The molecule has 2 heterocycles. The number of carbonyl (C=O) groups excluding carboxylic acids is 1. The number of aromatic amines is 1. The highest BCUT2D eigenvalue weighted by Gasteiger charge is 2.14. The number of fused-ring (bicyclic) bond motifs is 3. The van der Waals surface area contributed by atoms with E-state index in [4.69, 9.17) is 4.74 Å². The molecule has 17 heavy (non-hydrogen) atoms. The van der Waals surface area contributed by atoms with Gasteiger partial charge in [-0.25, -0.2) is 4.79 Å². The first-order chi connectivity index (χ1) is 8.31. The monoisotopic (exact) mass is 226 g/mol. The Labute approximate surface area is 97.2 Å². The van der Waals surface area contributed by atoms with E-state index in [9.17, 15) is 4.79 Å². The molecule has 3 aromatic rings. The Kier molecular flexibility index (Phi) is 2.08. The third-order valence-corrected chi connectivity index (χ3v) is 2.80. The number of para-hydroxylation sites is 1. The number of nitrogens with one attached hydrogen (secondary N) is 1. The lowest BCUT2D eigenvalue weighted by molar-refractivity contribution is 0.0602. The zero-order valence-electron chi connectivity index (χ0n) is 9.23. The van der Waals surface area contributed by atoms with Crippen molar-refractivity contribution in [2.45, 2.75) is 0 Å². The molecule has 0 bridgehead atoms. The van der Waals surface area contributed by atoms with Crippen LogP contribution in [0.25, 0.3) is 21.9 Å². The Morgan fingerprint density at radius 2 is 2.12 bits per heavy atom. The van der Waals surface area contributed by atoms with E-state index in [1.165, 1.54) is 7.11 Å². The number of methoxy groups -OCH3 is 1. The van der Waals surface area contributed by atoms with E-state index >= 15 is 0 Å². The molecule has 0 radical (unpaired) electrons. The second kappa shape index (κ2) is 3.59. The first-order valence-corrected chi connectivity index (χ1v) is 5.25. The predicted molar refractivity (Wildman–Crippen MR) is 64.9 cm³/mol. The van der Waals surface area contributed by atoms with Gasteiger partial charge in [-0.15, -0.1) is 0 Å². The summed E-state index contributed by atoms with van der Waals surface area (Å²) in [6, 6.07) is 9.47. The van der Waals surface area contributed by atoms with Gasteiger partial charge in [0.15, 0.2) is 0 Å². The van der Waals surface area contributed by atoms with Crippen molar-refractivity contribution in [1.82, 2.24) is 9.97 Å². The van der Waals surface area contributed by atoms with Gasteiger partial charge in [-0.05, 0) is 12.1 Å². The number of nitrogens with zero attached hydrogens (tertiary/aromatic N) is 1. The fourth-order valence-electron chi connectivity index (χ4n) is 2.01. The second-order valence-corrected chi connectivity index (χ2v) is 3.74. The van der Waals surface area contributed by atoms with E-state index in [1.807, 2.05) is 24.3 Å². The van der Waals surface area contributed by atoms with Gasteiger partial charge >= 0.3 is 5.97 Å². The zero-order valence-corrected chi connectivity index (χ0v) is 9.23. The molecule has 2 aromatic heterocycles. The summed E-state index contributed by atoms with van der Waals surface area (Å²) in [6.45, 7) is 0. The van der Waals surface area contributed by atoms with Gasteiger partial charge in [0.05, 0.1) is 23.7 Å². The molecule has 4 heteroatoms. The van der Waals surface area contributed by atoms with Crippen molar-refractivity contribution in [3.63, 3.8) is 0 Å². The Balaban J connectivity index is 2.43. The van der Waals surface area contributed by atoms with Crippen molar-refractivity contribution in [2.24, 2.45) is 0 Å². The van der Waals surface area contributed by atoms with Gasteiger partial charge < -0.3 is 9.72 Å². The molecule has 1 N–H and O–H groups in total. The maximum Gasteiger partial charge on any atom is 0.340 e. The average Bonchev–Trinajstić information content (AvgIpc) is 2.76. The summed E-state index contributed by atoms with van der Waals surface area (Å²) in [5, 5.41) is 1.01. The minimum Gasteiger partial charge on any atom is -0.465 e. The third kappa shape index (κ3) is 1.38. The van der Waals surface area contributed by atoms with E-state index in [0.29, 0.717) is 5.56 Å². The molecule has 0 unspecified atom stereocenters. The Hall–Kier alpha value is -2.36. The SMILES string of the molecule is COC(=O)c1ccnc2c1[nH]c1ccccc12. The number of benzene rings is 1. The van der Waals surface area contributed by atoms with Crippen LogP contribution in [0, 0.1) is 0 Å². The van der Waals surface area contributed by atoms with Crippen molar-refractivity contribution in [2.75, 3.05) is 7.11 Å². The van der Waals surface area contributed by atoms with Crippen molar-refractivity contribution in [1.29, 1.82) is 0 Å². The molecule has 0 saturated carbocycles. The number of esters is 1. The van der Waals surface area contributed by atoms with Crippen LogP contribution < -0.4 is 0 Å². The largest absolute Gasteiger partial charge is 0.465 e. The maximum absolute atomic E-state index is 11.6. The first-order valence-electron chi connectivity index (χ1n) is 5.25. The molecule has 0 aliphatic rings. The van der Waals surface area contributed by atoms with Crippen LogP contribution in [-0.4, -0.2) is 23.0 Å². The summed E-state index contributed by atoms with van der Waals surface area (Å²) >= 11 is 0. The molecule has 0 spiro atoms. The molecule has 0 atom stereocenters. The van der Waals surface area contributed by atoms with Crippen LogP contribution in [-0.2, 0) is 4.74 Å². The quantitative estimate of drug-likeness (QED) is 0.648. The third-order valence-electron chi connectivity index (χ3n) is 2.80.